The lowest BCUT2D eigenvalue weighted by Gasteiger charge is -2.26. The molecule has 4 nitrogen and oxygen atoms in total. The van der Waals surface area contributed by atoms with Crippen molar-refractivity contribution in [1.29, 1.82) is 0 Å². The molecule has 0 aliphatic carbocycles. The van der Waals surface area contributed by atoms with E-state index in [0.29, 0.717) is 13.1 Å². The van der Waals surface area contributed by atoms with Gasteiger partial charge in [0.1, 0.15) is 0 Å². The molecule has 0 bridgehead atoms. The van der Waals surface area contributed by atoms with Gasteiger partial charge in [-0.05, 0) is 24.3 Å². The Kier molecular flexibility index (Phi) is 3.51. The quantitative estimate of drug-likeness (QED) is 0.855. The van der Waals surface area contributed by atoms with E-state index in [1.807, 2.05) is 24.3 Å². The molecular formula is C15H15ClN2O2. The van der Waals surface area contributed by atoms with Crippen LogP contribution in [0.3, 0.4) is 0 Å². The van der Waals surface area contributed by atoms with Crippen LogP contribution in [-0.2, 0) is 11.3 Å². The predicted molar refractivity (Wildman–Crippen MR) is 78.9 cm³/mol. The first-order valence-corrected chi connectivity index (χ1v) is 6.88. The maximum atomic E-state index is 11.0. The lowest BCUT2D eigenvalue weighted by atomic mass is 10.1. The predicted octanol–water partition coefficient (Wildman–Crippen LogP) is 2.89. The van der Waals surface area contributed by atoms with Crippen LogP contribution in [0.1, 0.15) is 5.69 Å². The Morgan fingerprint density at radius 3 is 3.10 bits per heavy atom. The maximum absolute atomic E-state index is 11.0. The summed E-state index contributed by atoms with van der Waals surface area (Å²) < 4.78 is 0. The summed E-state index contributed by atoms with van der Waals surface area (Å²) in [4.78, 5) is 16.5. The monoisotopic (exact) mass is 290 g/mol. The number of fused-ring (bicyclic) bond motifs is 1. The van der Waals surface area contributed by atoms with E-state index in [1.54, 1.807) is 6.08 Å². The van der Waals surface area contributed by atoms with Gasteiger partial charge in [-0.1, -0.05) is 23.8 Å². The third-order valence-electron chi connectivity index (χ3n) is 3.54. The van der Waals surface area contributed by atoms with Gasteiger partial charge in [0.25, 0.3) is 0 Å². The fraction of sp³-hybridized carbons (Fsp3) is 0.267. The minimum atomic E-state index is -0.769. The average Bonchev–Trinajstić information content (AvgIpc) is 2.80. The highest BCUT2D eigenvalue weighted by Gasteiger charge is 2.21. The molecule has 0 fully saturated rings. The molecule has 1 aliphatic heterocycles. The second kappa shape index (κ2) is 5.31. The largest absolute Gasteiger partial charge is 0.481 e. The number of carboxylic acid groups (broad SMARTS) is 1. The van der Waals surface area contributed by atoms with E-state index in [0.717, 1.165) is 28.2 Å². The van der Waals surface area contributed by atoms with Gasteiger partial charge < -0.3 is 10.1 Å². The van der Waals surface area contributed by atoms with E-state index in [1.165, 1.54) is 0 Å². The molecule has 0 amide bonds. The van der Waals surface area contributed by atoms with Gasteiger partial charge in [-0.25, -0.2) is 0 Å². The van der Waals surface area contributed by atoms with Crippen LogP contribution in [0.15, 0.2) is 36.4 Å². The van der Waals surface area contributed by atoms with Crippen molar-refractivity contribution in [2.45, 2.75) is 6.54 Å². The number of hydrogen-bond acceptors (Lipinski definition) is 2. The van der Waals surface area contributed by atoms with Crippen molar-refractivity contribution in [2.75, 3.05) is 13.1 Å². The summed E-state index contributed by atoms with van der Waals surface area (Å²) in [5, 5.41) is 10.9. The smallest absolute Gasteiger partial charge is 0.311 e. The van der Waals surface area contributed by atoms with E-state index < -0.39 is 11.9 Å². The lowest BCUT2D eigenvalue weighted by Crippen LogP contribution is -2.35. The number of rotatable bonds is 3. The van der Waals surface area contributed by atoms with Gasteiger partial charge in [0, 0.05) is 41.3 Å². The first-order valence-electron chi connectivity index (χ1n) is 6.51. The fourth-order valence-corrected chi connectivity index (χ4v) is 2.75. The van der Waals surface area contributed by atoms with Crippen LogP contribution in [0, 0.1) is 5.92 Å². The van der Waals surface area contributed by atoms with Gasteiger partial charge in [-0.3, -0.25) is 9.69 Å². The molecular weight excluding hydrogens is 276 g/mol. The van der Waals surface area contributed by atoms with Crippen LogP contribution in [0.5, 0.6) is 0 Å². The number of aromatic amines is 1. The minimum Gasteiger partial charge on any atom is -0.481 e. The van der Waals surface area contributed by atoms with Crippen molar-refractivity contribution in [3.8, 4) is 0 Å². The topological polar surface area (TPSA) is 56.3 Å². The van der Waals surface area contributed by atoms with Crippen LogP contribution in [-0.4, -0.2) is 34.0 Å². The Morgan fingerprint density at radius 1 is 1.45 bits per heavy atom. The summed E-state index contributed by atoms with van der Waals surface area (Å²) in [6, 6.07) is 7.80. The Balaban J connectivity index is 1.76. The molecule has 5 heteroatoms. The summed E-state index contributed by atoms with van der Waals surface area (Å²) in [5.41, 5.74) is 2.12. The summed E-state index contributed by atoms with van der Waals surface area (Å²) >= 11 is 5.98. The van der Waals surface area contributed by atoms with Crippen LogP contribution >= 0.6 is 11.6 Å². The van der Waals surface area contributed by atoms with Crippen LogP contribution < -0.4 is 0 Å². The Hall–Kier alpha value is -1.78. The molecule has 20 heavy (non-hydrogen) atoms. The number of nitrogens with zero attached hydrogens (tertiary/aromatic N) is 1. The molecule has 1 atom stereocenters. The van der Waals surface area contributed by atoms with E-state index in [-0.39, 0.29) is 0 Å². The first-order chi connectivity index (χ1) is 9.61. The van der Waals surface area contributed by atoms with Crippen molar-refractivity contribution < 1.29 is 9.90 Å². The molecule has 1 aromatic heterocycles. The molecule has 1 aromatic carbocycles. The van der Waals surface area contributed by atoms with E-state index in [9.17, 15) is 4.79 Å². The second-order valence-electron chi connectivity index (χ2n) is 5.09. The maximum Gasteiger partial charge on any atom is 0.311 e. The normalized spacial score (nSPS) is 19.6. The van der Waals surface area contributed by atoms with Crippen molar-refractivity contribution >= 4 is 28.5 Å². The van der Waals surface area contributed by atoms with Crippen LogP contribution in [0.2, 0.25) is 5.02 Å². The Labute approximate surface area is 121 Å². The van der Waals surface area contributed by atoms with E-state index in [4.69, 9.17) is 16.7 Å². The molecule has 1 aliphatic rings. The number of benzene rings is 1. The molecule has 2 aromatic rings. The number of aromatic nitrogens is 1. The number of hydrogen-bond donors (Lipinski definition) is 2. The zero-order chi connectivity index (χ0) is 14.1. The summed E-state index contributed by atoms with van der Waals surface area (Å²) in [6.45, 7) is 2.03. The molecule has 3 rings (SSSR count). The van der Waals surface area contributed by atoms with Gasteiger partial charge >= 0.3 is 5.97 Å². The van der Waals surface area contributed by atoms with Gasteiger partial charge in [0.2, 0.25) is 0 Å². The van der Waals surface area contributed by atoms with Crippen molar-refractivity contribution in [2.24, 2.45) is 5.92 Å². The average molecular weight is 291 g/mol. The zero-order valence-electron chi connectivity index (χ0n) is 10.8. The van der Waals surface area contributed by atoms with Gasteiger partial charge in [0.05, 0.1) is 5.92 Å². The third-order valence-corrected chi connectivity index (χ3v) is 3.77. The fourth-order valence-electron chi connectivity index (χ4n) is 2.57. The number of carbonyl (C=O) groups is 1. The number of nitrogens with one attached hydrogen (secondary N) is 1. The van der Waals surface area contributed by atoms with E-state index in [2.05, 4.69) is 16.0 Å². The Bertz CT molecular complexity index is 678. The van der Waals surface area contributed by atoms with Gasteiger partial charge in [-0.15, -0.1) is 0 Å². The lowest BCUT2D eigenvalue weighted by molar-refractivity contribution is -0.140. The van der Waals surface area contributed by atoms with Crippen molar-refractivity contribution in [3.63, 3.8) is 0 Å². The molecule has 1 unspecified atom stereocenters. The number of aliphatic carboxylic acids is 1. The number of H-pyrrole nitrogens is 1. The molecule has 0 radical (unpaired) electrons. The molecule has 0 spiro atoms. The first kappa shape index (κ1) is 13.2. The molecule has 0 saturated carbocycles. The molecule has 0 saturated heterocycles. The number of halogens is 1. The standard InChI is InChI=1S/C15H15ClN2O2/c16-12-3-4-14-11(6-12)7-13(17-14)9-18-5-1-2-10(8-18)15(19)20/h1-4,6-7,10,17H,5,8-9H2,(H,19,20). The van der Waals surface area contributed by atoms with E-state index >= 15 is 0 Å². The summed E-state index contributed by atoms with van der Waals surface area (Å²) in [7, 11) is 0. The zero-order valence-corrected chi connectivity index (χ0v) is 11.6. The highest BCUT2D eigenvalue weighted by atomic mass is 35.5. The van der Waals surface area contributed by atoms with Crippen molar-refractivity contribution in [3.05, 3.63) is 47.1 Å². The molecule has 2 N–H and O–H groups in total. The molecule has 2 heterocycles. The van der Waals surface area contributed by atoms with Gasteiger partial charge in [-0.2, -0.15) is 0 Å². The molecule has 104 valence electrons. The highest BCUT2D eigenvalue weighted by Crippen LogP contribution is 2.21. The van der Waals surface area contributed by atoms with Crippen LogP contribution in [0.4, 0.5) is 0 Å². The Morgan fingerprint density at radius 2 is 2.30 bits per heavy atom. The SMILES string of the molecule is O=C(O)C1C=CCN(Cc2cc3cc(Cl)ccc3[nH]2)C1. The summed E-state index contributed by atoms with van der Waals surface area (Å²) in [6.07, 6.45) is 3.69. The third kappa shape index (κ3) is 2.71. The van der Waals surface area contributed by atoms with Crippen molar-refractivity contribution in [1.82, 2.24) is 9.88 Å². The van der Waals surface area contributed by atoms with Crippen LogP contribution in [0.25, 0.3) is 10.9 Å². The minimum absolute atomic E-state index is 0.414. The number of carboxylic acids is 1. The second-order valence-corrected chi connectivity index (χ2v) is 5.53. The van der Waals surface area contributed by atoms with Gasteiger partial charge in [0.15, 0.2) is 0 Å². The summed E-state index contributed by atoms with van der Waals surface area (Å²) in [5.74, 6) is -1.18. The highest BCUT2D eigenvalue weighted by molar-refractivity contribution is 6.31.